The first-order chi connectivity index (χ1) is 13.0. The fourth-order valence-corrected chi connectivity index (χ4v) is 3.67. The number of aromatic amines is 1. The van der Waals surface area contributed by atoms with Gasteiger partial charge in [-0.25, -0.2) is 4.39 Å². The maximum absolute atomic E-state index is 14.4. The molecule has 0 fully saturated rings. The van der Waals surface area contributed by atoms with Crippen molar-refractivity contribution in [2.75, 3.05) is 0 Å². The van der Waals surface area contributed by atoms with Crippen LogP contribution in [0.1, 0.15) is 37.4 Å². The number of fused-ring (bicyclic) bond motifs is 4. The highest BCUT2D eigenvalue weighted by molar-refractivity contribution is 6.10. The van der Waals surface area contributed by atoms with Crippen LogP contribution < -0.4 is 5.43 Å². The summed E-state index contributed by atoms with van der Waals surface area (Å²) in [5, 5.41) is 20.2. The van der Waals surface area contributed by atoms with Crippen LogP contribution in [0.15, 0.2) is 35.1 Å². The Balaban J connectivity index is 2.29. The van der Waals surface area contributed by atoms with E-state index < -0.39 is 12.4 Å². The number of pyridine rings is 1. The van der Waals surface area contributed by atoms with Crippen molar-refractivity contribution >= 4 is 32.8 Å². The molecule has 2 aromatic carbocycles. The molecule has 2 aromatic heterocycles. The molecule has 5 nitrogen and oxygen atoms in total. The van der Waals surface area contributed by atoms with Crippen LogP contribution in [-0.4, -0.2) is 14.7 Å². The first-order valence-corrected chi connectivity index (χ1v) is 8.83. The highest BCUT2D eigenvalue weighted by Crippen LogP contribution is 2.31. The van der Waals surface area contributed by atoms with E-state index in [1.54, 1.807) is 18.2 Å². The largest absolute Gasteiger partial charge is 0.392 e. The minimum Gasteiger partial charge on any atom is -0.392 e. The van der Waals surface area contributed by atoms with Crippen molar-refractivity contribution in [1.29, 1.82) is 5.26 Å². The highest BCUT2D eigenvalue weighted by Gasteiger charge is 2.20. The molecule has 27 heavy (non-hydrogen) atoms. The Hall–Kier alpha value is -3.17. The van der Waals surface area contributed by atoms with Crippen molar-refractivity contribution < 1.29 is 9.50 Å². The highest BCUT2D eigenvalue weighted by atomic mass is 19.1. The summed E-state index contributed by atoms with van der Waals surface area (Å²) in [6, 6.07) is 10.0. The van der Waals surface area contributed by atoms with Gasteiger partial charge in [-0.15, -0.1) is 0 Å². The van der Waals surface area contributed by atoms with Gasteiger partial charge in [-0.05, 0) is 37.6 Å². The number of H-pyrrole nitrogens is 1. The van der Waals surface area contributed by atoms with Gasteiger partial charge in [0.25, 0.3) is 0 Å². The van der Waals surface area contributed by atoms with Crippen molar-refractivity contribution in [1.82, 2.24) is 9.55 Å². The zero-order valence-corrected chi connectivity index (χ0v) is 15.0. The van der Waals surface area contributed by atoms with E-state index in [2.05, 4.69) is 11.1 Å². The summed E-state index contributed by atoms with van der Waals surface area (Å²) in [7, 11) is 0. The van der Waals surface area contributed by atoms with E-state index in [0.29, 0.717) is 33.0 Å². The van der Waals surface area contributed by atoms with E-state index in [-0.39, 0.29) is 17.0 Å². The summed E-state index contributed by atoms with van der Waals surface area (Å²) in [5.74, 6) is -0.538. The number of rotatable bonds is 3. The molecule has 0 bridgehead atoms. The summed E-state index contributed by atoms with van der Waals surface area (Å²) in [6.45, 7) is 3.56. The fourth-order valence-electron chi connectivity index (χ4n) is 3.67. The molecule has 1 atom stereocenters. The summed E-state index contributed by atoms with van der Waals surface area (Å²) in [6.07, 6.45) is 0.787. The smallest absolute Gasteiger partial charge is 0.199 e. The van der Waals surface area contributed by atoms with Gasteiger partial charge in [0.1, 0.15) is 11.5 Å². The number of hydrogen-bond donors (Lipinski definition) is 2. The molecule has 0 aliphatic heterocycles. The van der Waals surface area contributed by atoms with Crippen molar-refractivity contribution in [3.63, 3.8) is 0 Å². The molecule has 2 N–H and O–H groups in total. The lowest BCUT2D eigenvalue weighted by Gasteiger charge is -2.19. The number of aliphatic hydroxyl groups is 1. The average Bonchev–Trinajstić information content (AvgIpc) is 3.05. The van der Waals surface area contributed by atoms with Crippen LogP contribution in [0, 0.1) is 17.1 Å². The van der Waals surface area contributed by atoms with Gasteiger partial charge in [0, 0.05) is 27.9 Å². The molecule has 1 unspecified atom stereocenters. The number of nitrogens with zero attached hydrogens (tertiary/aromatic N) is 2. The topological polar surface area (TPSA) is 81.8 Å². The molecule has 0 aliphatic carbocycles. The second kappa shape index (κ2) is 6.22. The monoisotopic (exact) mass is 363 g/mol. The standard InChI is InChI=1S/C21H18FN3O2/c1-3-11(2)25-18-8-16(22)13(10-26)7-15(18)20(27)19-14-5-4-12(9-23)6-17(14)24-21(19)25/h4-8,11,24,26H,3,10H2,1-2H3. The molecule has 0 amide bonds. The molecule has 136 valence electrons. The van der Waals surface area contributed by atoms with E-state index in [4.69, 9.17) is 5.26 Å². The predicted molar refractivity (Wildman–Crippen MR) is 103 cm³/mol. The van der Waals surface area contributed by atoms with Crippen LogP contribution >= 0.6 is 0 Å². The number of hydrogen-bond acceptors (Lipinski definition) is 3. The number of aromatic nitrogens is 2. The summed E-state index contributed by atoms with van der Waals surface area (Å²) < 4.78 is 16.3. The Morgan fingerprint density at radius 1 is 1.30 bits per heavy atom. The first kappa shape index (κ1) is 17.3. The molecule has 6 heteroatoms. The van der Waals surface area contributed by atoms with Crippen molar-refractivity contribution in [2.45, 2.75) is 32.9 Å². The number of aliphatic hydroxyl groups excluding tert-OH is 1. The molecule has 2 heterocycles. The summed E-state index contributed by atoms with van der Waals surface area (Å²) in [4.78, 5) is 16.5. The second-order valence-corrected chi connectivity index (χ2v) is 6.80. The number of nitriles is 1. The van der Waals surface area contributed by atoms with Crippen LogP contribution in [0.2, 0.25) is 0 Å². The molecule has 0 saturated heterocycles. The lowest BCUT2D eigenvalue weighted by molar-refractivity contribution is 0.276. The Labute approximate surface area is 154 Å². The third kappa shape index (κ3) is 2.43. The first-order valence-electron chi connectivity index (χ1n) is 8.83. The van der Waals surface area contributed by atoms with E-state index >= 15 is 0 Å². The lowest BCUT2D eigenvalue weighted by Crippen LogP contribution is -2.15. The third-order valence-corrected chi connectivity index (χ3v) is 5.25. The number of halogens is 1. The van der Waals surface area contributed by atoms with Crippen LogP contribution in [0.4, 0.5) is 4.39 Å². The van der Waals surface area contributed by atoms with Crippen LogP contribution in [0.3, 0.4) is 0 Å². The van der Waals surface area contributed by atoms with Crippen molar-refractivity contribution in [3.8, 4) is 6.07 Å². The molecular weight excluding hydrogens is 345 g/mol. The summed E-state index contributed by atoms with van der Waals surface area (Å²) in [5.41, 5.74) is 2.17. The number of nitrogens with one attached hydrogen (secondary N) is 1. The normalized spacial score (nSPS) is 12.7. The van der Waals surface area contributed by atoms with Gasteiger partial charge in [-0.1, -0.05) is 13.0 Å². The predicted octanol–water partition coefficient (Wildman–Crippen LogP) is 4.11. The van der Waals surface area contributed by atoms with E-state index in [1.165, 1.54) is 12.1 Å². The maximum Gasteiger partial charge on any atom is 0.199 e. The SMILES string of the molecule is CCC(C)n1c2cc(F)c(CO)cc2c(=O)c2c3ccc(C#N)cc3[nH]c21. The summed E-state index contributed by atoms with van der Waals surface area (Å²) >= 11 is 0. The van der Waals surface area contributed by atoms with Gasteiger partial charge < -0.3 is 14.7 Å². The lowest BCUT2D eigenvalue weighted by atomic mass is 10.0. The van der Waals surface area contributed by atoms with Crippen molar-refractivity contribution in [2.24, 2.45) is 0 Å². The Morgan fingerprint density at radius 3 is 2.74 bits per heavy atom. The molecule has 0 aliphatic rings. The van der Waals surface area contributed by atoms with Gasteiger partial charge in [0.15, 0.2) is 5.43 Å². The van der Waals surface area contributed by atoms with Gasteiger partial charge in [-0.2, -0.15) is 5.26 Å². The third-order valence-electron chi connectivity index (χ3n) is 5.25. The van der Waals surface area contributed by atoms with Crippen LogP contribution in [0.25, 0.3) is 32.8 Å². The van der Waals surface area contributed by atoms with Crippen molar-refractivity contribution in [3.05, 3.63) is 57.5 Å². The quantitative estimate of drug-likeness (QED) is 0.575. The molecule has 4 aromatic rings. The van der Waals surface area contributed by atoms with Gasteiger partial charge in [0.05, 0.1) is 29.1 Å². The molecule has 4 rings (SSSR count). The number of benzene rings is 2. The molecule has 0 radical (unpaired) electrons. The average molecular weight is 363 g/mol. The fraction of sp³-hybridized carbons (Fsp3) is 0.238. The Bertz CT molecular complexity index is 1310. The Morgan fingerprint density at radius 2 is 2.07 bits per heavy atom. The van der Waals surface area contributed by atoms with E-state index in [9.17, 15) is 14.3 Å². The minimum absolute atomic E-state index is 0.0125. The van der Waals surface area contributed by atoms with Crippen LogP contribution in [0.5, 0.6) is 0 Å². The van der Waals surface area contributed by atoms with Gasteiger partial charge >= 0.3 is 0 Å². The van der Waals surface area contributed by atoms with E-state index in [0.717, 1.165) is 11.8 Å². The van der Waals surface area contributed by atoms with Crippen LogP contribution in [-0.2, 0) is 6.61 Å². The molecule has 0 saturated carbocycles. The maximum atomic E-state index is 14.4. The zero-order valence-electron chi connectivity index (χ0n) is 15.0. The second-order valence-electron chi connectivity index (χ2n) is 6.80. The molecular formula is C21H18FN3O2. The zero-order chi connectivity index (χ0) is 19.3. The molecule has 0 spiro atoms. The van der Waals surface area contributed by atoms with E-state index in [1.807, 2.05) is 18.4 Å². The van der Waals surface area contributed by atoms with Gasteiger partial charge in [-0.3, -0.25) is 4.79 Å². The Kier molecular flexibility index (Phi) is 3.97. The minimum atomic E-state index is -0.538. The van der Waals surface area contributed by atoms with Gasteiger partial charge in [0.2, 0.25) is 0 Å².